The molecule has 2 heterocycles. The van der Waals surface area contributed by atoms with Gasteiger partial charge < -0.3 is 4.74 Å². The van der Waals surface area contributed by atoms with Gasteiger partial charge in [-0.15, -0.1) is 11.3 Å². The highest BCUT2D eigenvalue weighted by Crippen LogP contribution is 2.28. The van der Waals surface area contributed by atoms with Crippen LogP contribution in [0.25, 0.3) is 21.9 Å². The van der Waals surface area contributed by atoms with Crippen LogP contribution in [0, 0.1) is 11.3 Å². The van der Waals surface area contributed by atoms with Gasteiger partial charge in [0, 0.05) is 0 Å². The summed E-state index contributed by atoms with van der Waals surface area (Å²) in [6.45, 7) is -0.482. The quantitative estimate of drug-likeness (QED) is 0.185. The second kappa shape index (κ2) is 8.73. The molecule has 2 amide bonds. The lowest BCUT2D eigenvalue weighted by Gasteiger charge is -2.13. The first-order chi connectivity index (χ1) is 16.5. The molecule has 164 valence electrons. The van der Waals surface area contributed by atoms with Crippen LogP contribution in [0.2, 0.25) is 0 Å². The van der Waals surface area contributed by atoms with Gasteiger partial charge in [0.2, 0.25) is 0 Å². The Labute approximate surface area is 198 Å². The third kappa shape index (κ3) is 3.96. The van der Waals surface area contributed by atoms with Crippen LogP contribution >= 0.6 is 11.3 Å². The van der Waals surface area contributed by atoms with Gasteiger partial charge in [-0.2, -0.15) is 5.26 Å². The van der Waals surface area contributed by atoms with Crippen molar-refractivity contribution in [2.45, 2.75) is 0 Å². The first-order valence-corrected chi connectivity index (χ1v) is 11.1. The second-order valence-corrected chi connectivity index (χ2v) is 8.47. The van der Waals surface area contributed by atoms with Gasteiger partial charge in [0.1, 0.15) is 23.4 Å². The molecule has 34 heavy (non-hydrogen) atoms. The third-order valence-corrected chi connectivity index (χ3v) is 6.30. The first kappa shape index (κ1) is 21.2. The van der Waals surface area contributed by atoms with E-state index in [0.29, 0.717) is 10.6 Å². The van der Waals surface area contributed by atoms with Gasteiger partial charge in [-0.1, -0.05) is 36.4 Å². The second-order valence-electron chi connectivity index (χ2n) is 7.44. The number of thiazole rings is 1. The summed E-state index contributed by atoms with van der Waals surface area (Å²) >= 11 is 1.44. The Balaban J connectivity index is 1.27. The number of carbonyl (C=O) groups excluding carboxylic acids is 3. The highest BCUT2D eigenvalue weighted by Gasteiger charge is 2.36. The average Bonchev–Trinajstić information content (AvgIpc) is 3.39. The standard InChI is InChI=1S/C26H15N3O4S/c27-14-17(24-28-21-7-3-4-8-22(21)34-24)13-16-9-11-18(12-10-16)33-23(30)15-29-25(31)19-5-1-2-6-20(19)26(29)32/h1-13H,15H2. The van der Waals surface area contributed by atoms with Crippen LogP contribution in [0.5, 0.6) is 5.75 Å². The molecule has 1 aliphatic rings. The van der Waals surface area contributed by atoms with E-state index < -0.39 is 24.3 Å². The van der Waals surface area contributed by atoms with Crippen LogP contribution in [0.1, 0.15) is 31.3 Å². The van der Waals surface area contributed by atoms with Crippen molar-refractivity contribution >= 4 is 51.0 Å². The van der Waals surface area contributed by atoms with Gasteiger partial charge in [-0.05, 0) is 48.0 Å². The number of fused-ring (bicyclic) bond motifs is 2. The monoisotopic (exact) mass is 465 g/mol. The molecule has 4 aromatic rings. The highest BCUT2D eigenvalue weighted by atomic mass is 32.1. The van der Waals surface area contributed by atoms with Gasteiger partial charge in [-0.25, -0.2) is 9.78 Å². The molecule has 8 heteroatoms. The Hall–Kier alpha value is -4.61. The minimum atomic E-state index is -0.731. The van der Waals surface area contributed by atoms with Crippen LogP contribution in [0.3, 0.4) is 0 Å². The summed E-state index contributed by atoms with van der Waals surface area (Å²) in [5.41, 5.74) is 2.55. The molecule has 0 saturated carbocycles. The van der Waals surface area contributed by atoms with Crippen molar-refractivity contribution in [1.82, 2.24) is 9.88 Å². The molecule has 0 fully saturated rings. The van der Waals surface area contributed by atoms with Crippen molar-refractivity contribution in [3.8, 4) is 11.8 Å². The number of benzene rings is 3. The zero-order valence-corrected chi connectivity index (χ0v) is 18.4. The van der Waals surface area contributed by atoms with Crippen molar-refractivity contribution in [3.63, 3.8) is 0 Å². The lowest BCUT2D eigenvalue weighted by Crippen LogP contribution is -2.36. The van der Waals surface area contributed by atoms with Gasteiger partial charge in [-0.3, -0.25) is 14.5 Å². The van der Waals surface area contributed by atoms with Crippen molar-refractivity contribution in [3.05, 3.63) is 94.5 Å². The van der Waals surface area contributed by atoms with Crippen molar-refractivity contribution < 1.29 is 19.1 Å². The first-order valence-electron chi connectivity index (χ1n) is 10.3. The lowest BCUT2D eigenvalue weighted by atomic mass is 10.1. The summed E-state index contributed by atoms with van der Waals surface area (Å²) in [7, 11) is 0. The Morgan fingerprint density at radius 2 is 1.62 bits per heavy atom. The molecule has 0 spiro atoms. The SMILES string of the molecule is N#CC(=Cc1ccc(OC(=O)CN2C(=O)c3ccccc3C2=O)cc1)c1nc2ccccc2s1. The van der Waals surface area contributed by atoms with Gasteiger partial charge >= 0.3 is 5.97 Å². The third-order valence-electron chi connectivity index (χ3n) is 5.23. The maximum atomic E-state index is 12.4. The Bertz CT molecular complexity index is 1460. The number of rotatable bonds is 5. The Kier molecular flexibility index (Phi) is 5.46. The molecule has 5 rings (SSSR count). The summed E-state index contributed by atoms with van der Waals surface area (Å²) in [6, 6.07) is 22.9. The number of esters is 1. The largest absolute Gasteiger partial charge is 0.425 e. The summed E-state index contributed by atoms with van der Waals surface area (Å²) in [5, 5.41) is 10.2. The highest BCUT2D eigenvalue weighted by molar-refractivity contribution is 7.19. The number of ether oxygens (including phenoxy) is 1. The van der Waals surface area contributed by atoms with Gasteiger partial charge in [0.15, 0.2) is 0 Å². The molecule has 0 unspecified atom stereocenters. The summed E-state index contributed by atoms with van der Waals surface area (Å²) in [5.74, 6) is -1.50. The molecule has 0 radical (unpaired) electrons. The average molecular weight is 465 g/mol. The molecule has 7 nitrogen and oxygen atoms in total. The maximum absolute atomic E-state index is 12.4. The number of nitriles is 1. The molecular weight excluding hydrogens is 450 g/mol. The predicted molar refractivity (Wildman–Crippen MR) is 127 cm³/mol. The van der Waals surface area contributed by atoms with E-state index >= 15 is 0 Å². The lowest BCUT2D eigenvalue weighted by molar-refractivity contribution is -0.134. The number of carbonyl (C=O) groups is 3. The van der Waals surface area contributed by atoms with E-state index in [0.717, 1.165) is 20.7 Å². The molecule has 0 bridgehead atoms. The molecule has 0 atom stereocenters. The normalized spacial score (nSPS) is 13.1. The van der Waals surface area contributed by atoms with E-state index in [4.69, 9.17) is 4.74 Å². The number of aromatic nitrogens is 1. The van der Waals surface area contributed by atoms with Crippen molar-refractivity contribution in [1.29, 1.82) is 5.26 Å². The number of nitrogens with zero attached hydrogens (tertiary/aromatic N) is 3. The van der Waals surface area contributed by atoms with Crippen LogP contribution in [-0.4, -0.2) is 34.2 Å². The van der Waals surface area contributed by atoms with Gasteiger partial charge in [0.05, 0.1) is 26.9 Å². The van der Waals surface area contributed by atoms with Crippen LogP contribution in [0.4, 0.5) is 0 Å². The number of hydrogen-bond donors (Lipinski definition) is 0. The summed E-state index contributed by atoms with van der Waals surface area (Å²) in [6.07, 6.45) is 1.71. The predicted octanol–water partition coefficient (Wildman–Crippen LogP) is 4.56. The summed E-state index contributed by atoms with van der Waals surface area (Å²) in [4.78, 5) is 42.6. The Morgan fingerprint density at radius 1 is 0.971 bits per heavy atom. The maximum Gasteiger partial charge on any atom is 0.331 e. The van der Waals surface area contributed by atoms with E-state index in [-0.39, 0.29) is 16.9 Å². The smallest absolute Gasteiger partial charge is 0.331 e. The number of hydrogen-bond acceptors (Lipinski definition) is 7. The van der Waals surface area contributed by atoms with Crippen molar-refractivity contribution in [2.75, 3.05) is 6.54 Å². The summed E-state index contributed by atoms with van der Waals surface area (Å²) < 4.78 is 6.30. The van der Waals surface area contributed by atoms with Gasteiger partial charge in [0.25, 0.3) is 11.8 Å². The topological polar surface area (TPSA) is 100 Å². The van der Waals surface area contributed by atoms with E-state index in [1.54, 1.807) is 54.6 Å². The molecule has 0 saturated heterocycles. The van der Waals surface area contributed by atoms with E-state index in [9.17, 15) is 19.6 Å². The van der Waals surface area contributed by atoms with E-state index in [1.165, 1.54) is 11.3 Å². The number of para-hydroxylation sites is 1. The molecular formula is C26H15N3O4S. The fraction of sp³-hybridized carbons (Fsp3) is 0.0385. The van der Waals surface area contributed by atoms with Crippen LogP contribution < -0.4 is 4.74 Å². The van der Waals surface area contributed by atoms with E-state index in [1.807, 2.05) is 24.3 Å². The van der Waals surface area contributed by atoms with E-state index in [2.05, 4.69) is 11.1 Å². The van der Waals surface area contributed by atoms with Crippen molar-refractivity contribution in [2.24, 2.45) is 0 Å². The van der Waals surface area contributed by atoms with Crippen LogP contribution in [-0.2, 0) is 4.79 Å². The number of amides is 2. The van der Waals surface area contributed by atoms with Crippen LogP contribution in [0.15, 0.2) is 72.8 Å². The molecule has 0 N–H and O–H groups in total. The zero-order valence-electron chi connectivity index (χ0n) is 17.6. The minimum absolute atomic E-state index is 0.261. The number of allylic oxidation sites excluding steroid dienone is 1. The Morgan fingerprint density at radius 3 is 2.26 bits per heavy atom. The molecule has 1 aromatic heterocycles. The fourth-order valence-electron chi connectivity index (χ4n) is 3.60. The molecule has 3 aromatic carbocycles. The molecule has 1 aliphatic heterocycles. The number of imide groups is 1. The molecule has 0 aliphatic carbocycles. The minimum Gasteiger partial charge on any atom is -0.425 e. The fourth-order valence-corrected chi connectivity index (χ4v) is 4.54. The zero-order chi connectivity index (χ0) is 23.7.